The summed E-state index contributed by atoms with van der Waals surface area (Å²) in [4.78, 5) is 4.39. The van der Waals surface area contributed by atoms with Crippen molar-refractivity contribution < 1.29 is 0 Å². The molecular weight excluding hydrogens is 416 g/mol. The Bertz CT molecular complexity index is 1190. The van der Waals surface area contributed by atoms with Crippen LogP contribution < -0.4 is 0 Å². The van der Waals surface area contributed by atoms with Crippen LogP contribution in [0.3, 0.4) is 0 Å². The first kappa shape index (κ1) is 21.1. The molecule has 0 saturated heterocycles. The first-order valence-electron chi connectivity index (χ1n) is 13.8. The van der Waals surface area contributed by atoms with Crippen LogP contribution in [-0.2, 0) is 0 Å². The van der Waals surface area contributed by atoms with E-state index >= 15 is 0 Å². The molecule has 4 heteroatoms. The Morgan fingerprint density at radius 2 is 1.74 bits per heavy atom. The number of hydrogen-bond donors (Lipinski definition) is 0. The molecule has 4 fully saturated rings. The molecule has 0 spiro atoms. The predicted molar refractivity (Wildman–Crippen MR) is 135 cm³/mol. The summed E-state index contributed by atoms with van der Waals surface area (Å²) >= 11 is 0. The Morgan fingerprint density at radius 3 is 2.62 bits per heavy atom. The molecule has 34 heavy (non-hydrogen) atoms. The van der Waals surface area contributed by atoms with Gasteiger partial charge in [-0.1, -0.05) is 31.2 Å². The zero-order valence-corrected chi connectivity index (χ0v) is 20.7. The minimum atomic E-state index is 0.457. The monoisotopic (exact) mass is 454 g/mol. The third-order valence-electron chi connectivity index (χ3n) is 11.5. The maximum Gasteiger partial charge on any atom is 0.0693 e. The van der Waals surface area contributed by atoms with E-state index in [1.807, 2.05) is 18.6 Å². The lowest BCUT2D eigenvalue weighted by Gasteiger charge is -2.61. The quantitative estimate of drug-likeness (QED) is 0.411. The molecule has 0 radical (unpaired) electrons. The van der Waals surface area contributed by atoms with Crippen molar-refractivity contribution in [1.29, 1.82) is 0 Å². The molecule has 0 amide bonds. The Labute approximate surface area is 203 Å². The number of benzene rings is 1. The summed E-state index contributed by atoms with van der Waals surface area (Å²) in [5.41, 5.74) is 2.55. The Hall–Kier alpha value is -2.23. The molecule has 4 aliphatic rings. The van der Waals surface area contributed by atoms with E-state index in [9.17, 15) is 0 Å². The number of aromatic nitrogens is 4. The van der Waals surface area contributed by atoms with Gasteiger partial charge in [0.05, 0.1) is 12.2 Å². The van der Waals surface area contributed by atoms with Gasteiger partial charge in [0.1, 0.15) is 0 Å². The lowest BCUT2D eigenvalue weighted by Crippen LogP contribution is -2.53. The van der Waals surface area contributed by atoms with Gasteiger partial charge < -0.3 is 0 Å². The second kappa shape index (κ2) is 7.63. The maximum absolute atomic E-state index is 4.39. The van der Waals surface area contributed by atoms with E-state index in [4.69, 9.17) is 0 Å². The highest BCUT2D eigenvalue weighted by Crippen LogP contribution is 2.69. The summed E-state index contributed by atoms with van der Waals surface area (Å²) in [6, 6.07) is 9.91. The number of fused-ring (bicyclic) bond motifs is 6. The minimum Gasteiger partial charge on any atom is -0.264 e. The molecule has 4 saturated carbocycles. The molecule has 0 bridgehead atoms. The molecule has 7 rings (SSSR count). The summed E-state index contributed by atoms with van der Waals surface area (Å²) in [5, 5.41) is 11.1. The van der Waals surface area contributed by atoms with E-state index in [1.165, 1.54) is 68.6 Å². The Balaban J connectivity index is 1.15. The molecule has 2 aromatic heterocycles. The number of pyridine rings is 1. The highest BCUT2D eigenvalue weighted by atomic mass is 15.4. The minimum absolute atomic E-state index is 0.457. The number of rotatable bonds is 2. The first-order valence-corrected chi connectivity index (χ1v) is 13.8. The largest absolute Gasteiger partial charge is 0.264 e. The lowest BCUT2D eigenvalue weighted by molar-refractivity contribution is -0.113. The molecule has 1 aromatic carbocycles. The molecule has 0 unspecified atom stereocenters. The van der Waals surface area contributed by atoms with Crippen LogP contribution in [0.15, 0.2) is 49.1 Å². The van der Waals surface area contributed by atoms with Crippen LogP contribution in [0, 0.1) is 34.5 Å². The van der Waals surface area contributed by atoms with Crippen molar-refractivity contribution in [2.24, 2.45) is 34.5 Å². The zero-order valence-electron chi connectivity index (χ0n) is 20.7. The van der Waals surface area contributed by atoms with Crippen molar-refractivity contribution in [1.82, 2.24) is 20.0 Å². The molecular formula is C30H38N4. The SMILES string of the molecule is C[C@]12CC[C@H](n3ccnn3)C[C@@H]1CC[C@@H]1[C@@H]2CC[C@]2(C)[C@@H](c3ccc4ccncc4c3)CC[C@@H]12. The van der Waals surface area contributed by atoms with Crippen LogP contribution in [-0.4, -0.2) is 20.0 Å². The average molecular weight is 455 g/mol. The van der Waals surface area contributed by atoms with Crippen molar-refractivity contribution in [3.05, 3.63) is 54.6 Å². The molecule has 0 aliphatic heterocycles. The van der Waals surface area contributed by atoms with E-state index in [-0.39, 0.29) is 0 Å². The van der Waals surface area contributed by atoms with Gasteiger partial charge in [0.2, 0.25) is 0 Å². The fraction of sp³-hybridized carbons (Fsp3) is 0.633. The fourth-order valence-electron chi connectivity index (χ4n) is 9.76. The van der Waals surface area contributed by atoms with Crippen molar-refractivity contribution in [2.45, 2.75) is 83.6 Å². The van der Waals surface area contributed by atoms with Crippen LogP contribution in [0.5, 0.6) is 0 Å². The number of hydrogen-bond acceptors (Lipinski definition) is 3. The highest BCUT2D eigenvalue weighted by Gasteiger charge is 2.60. The summed E-state index contributed by atoms with van der Waals surface area (Å²) in [5.74, 6) is 4.30. The molecule has 2 heterocycles. The smallest absolute Gasteiger partial charge is 0.0693 e. The summed E-state index contributed by atoms with van der Waals surface area (Å²) < 4.78 is 2.14. The molecule has 0 N–H and O–H groups in total. The van der Waals surface area contributed by atoms with Crippen LogP contribution in [0.4, 0.5) is 0 Å². The van der Waals surface area contributed by atoms with Gasteiger partial charge in [0.15, 0.2) is 0 Å². The third kappa shape index (κ3) is 2.99. The average Bonchev–Trinajstić information content (AvgIpc) is 3.51. The van der Waals surface area contributed by atoms with Crippen molar-refractivity contribution in [2.75, 3.05) is 0 Å². The first-order chi connectivity index (χ1) is 16.6. The van der Waals surface area contributed by atoms with Gasteiger partial charge in [0, 0.05) is 24.0 Å². The van der Waals surface area contributed by atoms with Crippen LogP contribution in [0.2, 0.25) is 0 Å². The van der Waals surface area contributed by atoms with E-state index in [0.717, 1.165) is 23.7 Å². The molecule has 4 aliphatic carbocycles. The summed E-state index contributed by atoms with van der Waals surface area (Å²) in [6.45, 7) is 5.34. The van der Waals surface area contributed by atoms with E-state index in [0.29, 0.717) is 22.8 Å². The van der Waals surface area contributed by atoms with E-state index in [2.05, 4.69) is 64.3 Å². The molecule has 178 valence electrons. The van der Waals surface area contributed by atoms with Gasteiger partial charge in [-0.2, -0.15) is 0 Å². The predicted octanol–water partition coefficient (Wildman–Crippen LogP) is 7.19. The third-order valence-corrected chi connectivity index (χ3v) is 11.5. The Kier molecular flexibility index (Phi) is 4.73. The Morgan fingerprint density at radius 1 is 0.853 bits per heavy atom. The molecule has 8 atom stereocenters. The second-order valence-corrected chi connectivity index (χ2v) is 12.6. The zero-order chi connectivity index (χ0) is 22.9. The topological polar surface area (TPSA) is 43.6 Å². The van der Waals surface area contributed by atoms with Crippen molar-refractivity contribution in [3.8, 4) is 0 Å². The normalized spacial score (nSPS) is 41.6. The lowest BCUT2D eigenvalue weighted by atomic mass is 9.44. The molecule has 3 aromatic rings. The fourth-order valence-corrected chi connectivity index (χ4v) is 9.76. The standard InChI is InChI=1S/C30H38N4/c1-29-12-9-24(34-16-15-32-33-34)18-23(29)5-6-25-27-8-7-26(30(27,2)13-10-28(25)29)21-4-3-20-11-14-31-19-22(20)17-21/h3-4,11,14-17,19,23-28H,5-10,12-13,18H2,1-2H3/t23-,24-,25-,26+,27-,28-,29-,30+/m0/s1. The van der Waals surface area contributed by atoms with Crippen LogP contribution in [0.25, 0.3) is 10.8 Å². The van der Waals surface area contributed by atoms with Gasteiger partial charge in [0.25, 0.3) is 0 Å². The summed E-state index contributed by atoms with van der Waals surface area (Å²) in [6.07, 6.45) is 20.3. The second-order valence-electron chi connectivity index (χ2n) is 12.6. The van der Waals surface area contributed by atoms with Gasteiger partial charge >= 0.3 is 0 Å². The van der Waals surface area contributed by atoms with Crippen LogP contribution >= 0.6 is 0 Å². The van der Waals surface area contributed by atoms with Crippen molar-refractivity contribution >= 4 is 10.8 Å². The summed E-state index contributed by atoms with van der Waals surface area (Å²) in [7, 11) is 0. The number of nitrogens with zero attached hydrogens (tertiary/aromatic N) is 4. The van der Waals surface area contributed by atoms with Gasteiger partial charge in [-0.3, -0.25) is 4.98 Å². The van der Waals surface area contributed by atoms with E-state index in [1.54, 1.807) is 5.56 Å². The highest BCUT2D eigenvalue weighted by molar-refractivity contribution is 5.82. The van der Waals surface area contributed by atoms with Crippen molar-refractivity contribution in [3.63, 3.8) is 0 Å². The van der Waals surface area contributed by atoms with Gasteiger partial charge in [-0.05, 0) is 121 Å². The van der Waals surface area contributed by atoms with E-state index < -0.39 is 0 Å². The van der Waals surface area contributed by atoms with Gasteiger partial charge in [-0.25, -0.2) is 4.68 Å². The van der Waals surface area contributed by atoms with Gasteiger partial charge in [-0.15, -0.1) is 5.10 Å². The maximum atomic E-state index is 4.39. The van der Waals surface area contributed by atoms with Crippen LogP contribution in [0.1, 0.15) is 89.2 Å². The molecule has 4 nitrogen and oxygen atoms in total.